The van der Waals surface area contributed by atoms with E-state index >= 15 is 0 Å². The molecule has 1 N–H and O–H groups in total. The molecule has 0 saturated heterocycles. The zero-order valence-corrected chi connectivity index (χ0v) is 12.2. The maximum absolute atomic E-state index is 12.2. The second kappa shape index (κ2) is 7.05. The van der Waals surface area contributed by atoms with Crippen molar-refractivity contribution in [2.75, 3.05) is 7.05 Å². The number of carbonyl (C=O) groups excluding carboxylic acids is 1. The first-order valence-corrected chi connectivity index (χ1v) is 7.25. The van der Waals surface area contributed by atoms with E-state index in [1.54, 1.807) is 36.2 Å². The number of nitriles is 1. The topological polar surface area (TPSA) is 64.3 Å². The van der Waals surface area contributed by atoms with Gasteiger partial charge in [-0.3, -0.25) is 4.79 Å². The number of benzene rings is 1. The van der Waals surface area contributed by atoms with Gasteiger partial charge in [0.25, 0.3) is 0 Å². The molecule has 1 fully saturated rings. The molecule has 0 aliphatic heterocycles. The highest BCUT2D eigenvalue weighted by molar-refractivity contribution is 5.91. The predicted molar refractivity (Wildman–Crippen MR) is 81.2 cm³/mol. The van der Waals surface area contributed by atoms with E-state index in [1.807, 2.05) is 6.07 Å². The van der Waals surface area contributed by atoms with Crippen LogP contribution < -0.4 is 0 Å². The van der Waals surface area contributed by atoms with Gasteiger partial charge in [0.1, 0.15) is 0 Å². The minimum absolute atomic E-state index is 0.0960. The molecule has 110 valence electrons. The number of rotatable bonds is 3. The molecule has 2 atom stereocenters. The van der Waals surface area contributed by atoms with Crippen LogP contribution in [0, 0.1) is 11.3 Å². The molecular weight excluding hydrogens is 264 g/mol. The summed E-state index contributed by atoms with van der Waals surface area (Å²) < 4.78 is 0. The molecule has 1 aromatic rings. The Bertz CT molecular complexity index is 574. The van der Waals surface area contributed by atoms with Crippen LogP contribution in [0.15, 0.2) is 30.3 Å². The minimum atomic E-state index is -0.428. The van der Waals surface area contributed by atoms with E-state index in [9.17, 15) is 9.90 Å². The summed E-state index contributed by atoms with van der Waals surface area (Å²) in [6.45, 7) is 0. The number of hydrogen-bond donors (Lipinski definition) is 1. The molecular formula is C17H20N2O2. The van der Waals surface area contributed by atoms with Gasteiger partial charge in [-0.05, 0) is 36.6 Å². The van der Waals surface area contributed by atoms with Crippen LogP contribution in [0.4, 0.5) is 0 Å². The van der Waals surface area contributed by atoms with Crippen LogP contribution in [0.1, 0.15) is 36.8 Å². The number of carbonyl (C=O) groups is 1. The van der Waals surface area contributed by atoms with E-state index in [4.69, 9.17) is 5.26 Å². The molecule has 0 radical (unpaired) electrons. The molecule has 1 aliphatic rings. The monoisotopic (exact) mass is 284 g/mol. The van der Waals surface area contributed by atoms with Gasteiger partial charge in [0.05, 0.1) is 23.8 Å². The fourth-order valence-corrected chi connectivity index (χ4v) is 2.70. The van der Waals surface area contributed by atoms with Crippen LogP contribution in [0.3, 0.4) is 0 Å². The highest BCUT2D eigenvalue weighted by atomic mass is 16.3. The first kappa shape index (κ1) is 15.3. The lowest BCUT2D eigenvalue weighted by Crippen LogP contribution is -2.45. The van der Waals surface area contributed by atoms with Gasteiger partial charge in [0, 0.05) is 13.1 Å². The molecule has 1 saturated carbocycles. The summed E-state index contributed by atoms with van der Waals surface area (Å²) in [6.07, 6.45) is 6.46. The number of nitrogens with zero attached hydrogens (tertiary/aromatic N) is 2. The van der Waals surface area contributed by atoms with Crippen LogP contribution in [0.2, 0.25) is 0 Å². The molecule has 4 nitrogen and oxygen atoms in total. The lowest BCUT2D eigenvalue weighted by atomic mass is 9.91. The summed E-state index contributed by atoms with van der Waals surface area (Å²) in [5.41, 5.74) is 1.39. The number of aliphatic hydroxyl groups excluding tert-OH is 1. The number of likely N-dealkylation sites (N-methyl/N-ethyl adjacent to an activating group) is 1. The fraction of sp³-hybridized carbons (Fsp3) is 0.412. The Labute approximate surface area is 125 Å². The first-order chi connectivity index (χ1) is 10.1. The fourth-order valence-electron chi connectivity index (χ4n) is 2.70. The van der Waals surface area contributed by atoms with Crippen LogP contribution in [-0.4, -0.2) is 35.1 Å². The van der Waals surface area contributed by atoms with Crippen molar-refractivity contribution >= 4 is 12.0 Å². The highest BCUT2D eigenvalue weighted by Crippen LogP contribution is 2.22. The second-order valence-electron chi connectivity index (χ2n) is 5.44. The van der Waals surface area contributed by atoms with E-state index in [0.29, 0.717) is 5.56 Å². The van der Waals surface area contributed by atoms with Crippen LogP contribution in [0.5, 0.6) is 0 Å². The maximum Gasteiger partial charge on any atom is 0.246 e. The van der Waals surface area contributed by atoms with Crippen molar-refractivity contribution in [1.82, 2.24) is 4.90 Å². The Balaban J connectivity index is 2.02. The Morgan fingerprint density at radius 3 is 2.90 bits per heavy atom. The first-order valence-electron chi connectivity index (χ1n) is 7.25. The minimum Gasteiger partial charge on any atom is -0.391 e. The van der Waals surface area contributed by atoms with Crippen LogP contribution >= 0.6 is 0 Å². The van der Waals surface area contributed by atoms with Crippen LogP contribution in [-0.2, 0) is 4.79 Å². The molecule has 21 heavy (non-hydrogen) atoms. The predicted octanol–water partition coefficient (Wildman–Crippen LogP) is 2.33. The molecule has 1 amide bonds. The molecule has 0 heterocycles. The third-order valence-corrected chi connectivity index (χ3v) is 3.97. The van der Waals surface area contributed by atoms with Crippen molar-refractivity contribution in [3.05, 3.63) is 41.5 Å². The van der Waals surface area contributed by atoms with Gasteiger partial charge >= 0.3 is 0 Å². The Morgan fingerprint density at radius 2 is 2.19 bits per heavy atom. The average Bonchev–Trinajstić information content (AvgIpc) is 2.52. The molecule has 1 aliphatic carbocycles. The van der Waals surface area contributed by atoms with Crippen molar-refractivity contribution in [1.29, 1.82) is 5.26 Å². The van der Waals surface area contributed by atoms with Crippen LogP contribution in [0.25, 0.3) is 6.08 Å². The number of hydrogen-bond acceptors (Lipinski definition) is 3. The van der Waals surface area contributed by atoms with E-state index in [1.165, 1.54) is 6.08 Å². The molecule has 2 rings (SSSR count). The summed E-state index contributed by atoms with van der Waals surface area (Å²) in [5, 5.41) is 18.8. The summed E-state index contributed by atoms with van der Waals surface area (Å²) >= 11 is 0. The van der Waals surface area contributed by atoms with E-state index in [0.717, 1.165) is 31.2 Å². The normalized spacial score (nSPS) is 22.0. The Kier molecular flexibility index (Phi) is 5.13. The van der Waals surface area contributed by atoms with Crippen molar-refractivity contribution in [2.24, 2.45) is 0 Å². The van der Waals surface area contributed by atoms with Gasteiger partial charge in [0.2, 0.25) is 5.91 Å². The number of amides is 1. The standard InChI is InChI=1S/C17H20N2O2/c1-19(15-7-2-3-8-16(15)20)17(21)10-9-13-5-4-6-14(11-13)12-18/h4-6,9-11,15-16,20H,2-3,7-8H2,1H3/b10-9+. The molecule has 2 unspecified atom stereocenters. The second-order valence-corrected chi connectivity index (χ2v) is 5.44. The summed E-state index contributed by atoms with van der Waals surface area (Å²) in [4.78, 5) is 13.8. The van der Waals surface area contributed by atoms with Gasteiger partial charge in [-0.25, -0.2) is 0 Å². The van der Waals surface area contributed by atoms with E-state index in [2.05, 4.69) is 6.07 Å². The molecule has 1 aromatic carbocycles. The Hall–Kier alpha value is -2.12. The molecule has 0 bridgehead atoms. The average molecular weight is 284 g/mol. The van der Waals surface area contributed by atoms with E-state index < -0.39 is 6.10 Å². The van der Waals surface area contributed by atoms with Gasteiger partial charge in [-0.15, -0.1) is 0 Å². The lowest BCUT2D eigenvalue weighted by Gasteiger charge is -2.34. The maximum atomic E-state index is 12.2. The smallest absolute Gasteiger partial charge is 0.246 e. The summed E-state index contributed by atoms with van der Waals surface area (Å²) in [7, 11) is 1.73. The molecule has 0 aromatic heterocycles. The quantitative estimate of drug-likeness (QED) is 0.866. The molecule has 4 heteroatoms. The van der Waals surface area contributed by atoms with Gasteiger partial charge in [0.15, 0.2) is 0 Å². The van der Waals surface area contributed by atoms with Gasteiger partial charge in [-0.2, -0.15) is 5.26 Å². The lowest BCUT2D eigenvalue weighted by molar-refractivity contribution is -0.130. The zero-order chi connectivity index (χ0) is 15.2. The van der Waals surface area contributed by atoms with Crippen molar-refractivity contribution in [3.8, 4) is 6.07 Å². The SMILES string of the molecule is CN(C(=O)/C=C/c1cccc(C#N)c1)C1CCCCC1O. The van der Waals surface area contributed by atoms with Crippen molar-refractivity contribution in [2.45, 2.75) is 37.8 Å². The van der Waals surface area contributed by atoms with Gasteiger partial charge in [-0.1, -0.05) is 25.0 Å². The van der Waals surface area contributed by atoms with Crippen molar-refractivity contribution in [3.63, 3.8) is 0 Å². The molecule has 0 spiro atoms. The summed E-state index contributed by atoms with van der Waals surface area (Å²) in [5.74, 6) is -0.122. The van der Waals surface area contributed by atoms with Gasteiger partial charge < -0.3 is 10.0 Å². The van der Waals surface area contributed by atoms with E-state index in [-0.39, 0.29) is 11.9 Å². The number of aliphatic hydroxyl groups is 1. The largest absolute Gasteiger partial charge is 0.391 e. The third kappa shape index (κ3) is 3.93. The van der Waals surface area contributed by atoms with Crippen molar-refractivity contribution < 1.29 is 9.90 Å². The zero-order valence-electron chi connectivity index (χ0n) is 12.2. The highest BCUT2D eigenvalue weighted by Gasteiger charge is 2.28. The third-order valence-electron chi connectivity index (χ3n) is 3.97. The summed E-state index contributed by atoms with van der Waals surface area (Å²) in [6, 6.07) is 9.07. The Morgan fingerprint density at radius 1 is 1.43 bits per heavy atom.